The minimum Gasteiger partial charge on any atom is -0.462 e. The van der Waals surface area contributed by atoms with Crippen LogP contribution in [0.3, 0.4) is 0 Å². The normalized spacial score (nSPS) is 13.0. The molecule has 0 aromatic rings. The Morgan fingerprint density at radius 3 is 1.40 bits per heavy atom. The number of alkyl carbamates (subject to hydrolysis) is 2. The van der Waals surface area contributed by atoms with Gasteiger partial charge >= 0.3 is 24.1 Å². The van der Waals surface area contributed by atoms with Gasteiger partial charge in [-0.2, -0.15) is 0 Å². The lowest BCUT2D eigenvalue weighted by molar-refractivity contribution is -0.139. The highest BCUT2D eigenvalue weighted by Crippen LogP contribution is 2.47. The van der Waals surface area contributed by atoms with E-state index in [1.165, 1.54) is 38.5 Å². The quantitative estimate of drug-likeness (QED) is 0.0293. The van der Waals surface area contributed by atoms with Crippen LogP contribution >= 0.6 is 0 Å². The van der Waals surface area contributed by atoms with Crippen LogP contribution < -0.4 is 10.6 Å². The highest BCUT2D eigenvalue weighted by atomic mass is 16.6. The summed E-state index contributed by atoms with van der Waals surface area (Å²) >= 11 is 0. The average molecular weight is 751 g/mol. The van der Waals surface area contributed by atoms with Crippen molar-refractivity contribution in [1.29, 1.82) is 0 Å². The van der Waals surface area contributed by atoms with E-state index in [4.69, 9.17) is 18.9 Å². The second-order valence-electron chi connectivity index (χ2n) is 15.4. The number of amides is 2. The van der Waals surface area contributed by atoms with Crippen LogP contribution in [0.4, 0.5) is 9.59 Å². The molecule has 0 aliphatic carbocycles. The highest BCUT2D eigenvalue weighted by Gasteiger charge is 2.46. The van der Waals surface area contributed by atoms with E-state index in [2.05, 4.69) is 44.6 Å². The molecule has 0 heterocycles. The third-order valence-corrected chi connectivity index (χ3v) is 10.5. The van der Waals surface area contributed by atoms with Gasteiger partial charge in [0, 0.05) is 23.2 Å². The first kappa shape index (κ1) is 50.0. The lowest BCUT2D eigenvalue weighted by Gasteiger charge is -2.50. The Labute approximate surface area is 323 Å². The predicted octanol–water partition coefficient (Wildman–Crippen LogP) is 10.9. The molecule has 2 N–H and O–H groups in total. The molecule has 10 heteroatoms. The van der Waals surface area contributed by atoms with Gasteiger partial charge in [0.15, 0.2) is 0 Å². The van der Waals surface area contributed by atoms with E-state index in [-0.39, 0.29) is 29.5 Å². The van der Waals surface area contributed by atoms with Crippen LogP contribution in [-0.4, -0.2) is 62.6 Å². The maximum atomic E-state index is 12.8. The van der Waals surface area contributed by atoms with Crippen molar-refractivity contribution in [1.82, 2.24) is 10.6 Å². The van der Waals surface area contributed by atoms with E-state index >= 15 is 0 Å². The standard InChI is InChI=1S/C43H78N2O8/c1-10-50-40(48)44-32-28-30-37(29-24-20-16-12-14-18-22-26-33-52-38(46)35(3)4)43(9,42(7,8)45-41(49)51-11-2)31-25-21-17-13-15-19-23-27-34-53-39(47)36(5)6/h37H,3,5,10-34H2,1-2,4,6-9H3,(H,44,48)(H,45,49). The van der Waals surface area contributed by atoms with Gasteiger partial charge in [0.1, 0.15) is 0 Å². The van der Waals surface area contributed by atoms with Crippen LogP contribution in [0.2, 0.25) is 0 Å². The summed E-state index contributed by atoms with van der Waals surface area (Å²) in [6.45, 7) is 23.0. The molecular weight excluding hydrogens is 672 g/mol. The van der Waals surface area contributed by atoms with Crippen molar-refractivity contribution in [2.75, 3.05) is 33.0 Å². The first-order valence-electron chi connectivity index (χ1n) is 20.7. The van der Waals surface area contributed by atoms with E-state index < -0.39 is 5.54 Å². The van der Waals surface area contributed by atoms with Crippen molar-refractivity contribution in [3.8, 4) is 0 Å². The molecule has 0 rings (SSSR count). The lowest BCUT2D eigenvalue weighted by atomic mass is 9.59. The second kappa shape index (κ2) is 30.3. The fraction of sp³-hybridized carbons (Fsp3) is 0.814. The number of hydrogen-bond donors (Lipinski definition) is 2. The summed E-state index contributed by atoms with van der Waals surface area (Å²) in [4.78, 5) is 47.8. The van der Waals surface area contributed by atoms with Gasteiger partial charge in [-0.1, -0.05) is 110 Å². The molecule has 10 nitrogen and oxygen atoms in total. The lowest BCUT2D eigenvalue weighted by Crippen LogP contribution is -2.58. The number of carbonyl (C=O) groups excluding carboxylic acids is 4. The summed E-state index contributed by atoms with van der Waals surface area (Å²) < 4.78 is 20.8. The summed E-state index contributed by atoms with van der Waals surface area (Å²) in [5.41, 5.74) is 0.176. The van der Waals surface area contributed by atoms with E-state index in [1.807, 2.05) is 6.92 Å². The minimum absolute atomic E-state index is 0.196. The number of esters is 2. The molecule has 0 spiro atoms. The smallest absolute Gasteiger partial charge is 0.407 e. The number of unbranched alkanes of at least 4 members (excludes halogenated alkanes) is 14. The Morgan fingerprint density at radius 1 is 0.547 bits per heavy atom. The third kappa shape index (κ3) is 24.1. The van der Waals surface area contributed by atoms with Gasteiger partial charge in [-0.3, -0.25) is 0 Å². The Kier molecular flexibility index (Phi) is 28.6. The van der Waals surface area contributed by atoms with Crippen LogP contribution in [0.5, 0.6) is 0 Å². The SMILES string of the molecule is C=C(C)C(=O)OCCCCCCCCCCC(CCCNC(=O)OCC)C(C)(CCCCCCCCCCOC(=O)C(=C)C)C(C)(C)NC(=O)OCC. The number of hydrogen-bond acceptors (Lipinski definition) is 8. The zero-order valence-corrected chi connectivity index (χ0v) is 34.9. The van der Waals surface area contributed by atoms with Crippen molar-refractivity contribution in [3.63, 3.8) is 0 Å². The molecule has 0 radical (unpaired) electrons. The maximum absolute atomic E-state index is 12.8. The summed E-state index contributed by atoms with van der Waals surface area (Å²) in [5, 5.41) is 6.12. The third-order valence-electron chi connectivity index (χ3n) is 10.5. The molecule has 0 bridgehead atoms. The van der Waals surface area contributed by atoms with Crippen molar-refractivity contribution in [3.05, 3.63) is 24.3 Å². The molecule has 53 heavy (non-hydrogen) atoms. The second-order valence-corrected chi connectivity index (χ2v) is 15.4. The van der Waals surface area contributed by atoms with Gasteiger partial charge in [0.2, 0.25) is 0 Å². The van der Waals surface area contributed by atoms with E-state index in [0.717, 1.165) is 89.9 Å². The van der Waals surface area contributed by atoms with Crippen molar-refractivity contribution >= 4 is 24.1 Å². The molecule has 2 amide bonds. The number of carbonyl (C=O) groups is 4. The molecular formula is C43H78N2O8. The topological polar surface area (TPSA) is 129 Å². The molecule has 0 aromatic heterocycles. The highest BCUT2D eigenvalue weighted by molar-refractivity contribution is 5.87. The van der Waals surface area contributed by atoms with E-state index in [9.17, 15) is 19.2 Å². The predicted molar refractivity (Wildman–Crippen MR) is 215 cm³/mol. The van der Waals surface area contributed by atoms with Crippen LogP contribution in [0, 0.1) is 11.3 Å². The van der Waals surface area contributed by atoms with E-state index in [0.29, 0.717) is 50.0 Å². The number of ether oxygens (including phenoxy) is 4. The van der Waals surface area contributed by atoms with Crippen molar-refractivity contribution in [2.45, 2.75) is 182 Å². The Morgan fingerprint density at radius 2 is 0.943 bits per heavy atom. The molecule has 0 saturated carbocycles. The van der Waals surface area contributed by atoms with Crippen molar-refractivity contribution < 1.29 is 38.1 Å². The molecule has 0 aliphatic heterocycles. The van der Waals surface area contributed by atoms with Gasteiger partial charge in [-0.25, -0.2) is 19.2 Å². The molecule has 0 aromatic carbocycles. The molecule has 0 saturated heterocycles. The monoisotopic (exact) mass is 751 g/mol. The fourth-order valence-electron chi connectivity index (χ4n) is 6.88. The Balaban J connectivity index is 5.23. The molecule has 308 valence electrons. The average Bonchev–Trinajstić information content (AvgIpc) is 3.09. The summed E-state index contributed by atoms with van der Waals surface area (Å²) in [6.07, 6.45) is 20.7. The van der Waals surface area contributed by atoms with Crippen LogP contribution in [0.25, 0.3) is 0 Å². The van der Waals surface area contributed by atoms with Gasteiger partial charge in [-0.05, 0) is 91.4 Å². The van der Waals surface area contributed by atoms with Crippen LogP contribution in [0.1, 0.15) is 177 Å². The summed E-state index contributed by atoms with van der Waals surface area (Å²) in [6, 6.07) is 0. The number of rotatable bonds is 33. The summed E-state index contributed by atoms with van der Waals surface area (Å²) in [7, 11) is 0. The molecule has 2 unspecified atom stereocenters. The van der Waals surface area contributed by atoms with Gasteiger partial charge in [-0.15, -0.1) is 0 Å². The van der Waals surface area contributed by atoms with Gasteiger partial charge in [0.25, 0.3) is 0 Å². The van der Waals surface area contributed by atoms with Gasteiger partial charge in [0.05, 0.1) is 26.4 Å². The van der Waals surface area contributed by atoms with Crippen LogP contribution in [-0.2, 0) is 28.5 Å². The largest absolute Gasteiger partial charge is 0.462 e. The number of nitrogens with one attached hydrogen (secondary N) is 2. The zero-order chi connectivity index (χ0) is 40.0. The Bertz CT molecular complexity index is 1060. The van der Waals surface area contributed by atoms with E-state index in [1.54, 1.807) is 20.8 Å². The first-order chi connectivity index (χ1) is 25.2. The van der Waals surface area contributed by atoms with Crippen LogP contribution in [0.15, 0.2) is 24.3 Å². The first-order valence-corrected chi connectivity index (χ1v) is 20.7. The maximum Gasteiger partial charge on any atom is 0.407 e. The Hall–Kier alpha value is -3.04. The minimum atomic E-state index is -0.509. The zero-order valence-electron chi connectivity index (χ0n) is 34.9. The summed E-state index contributed by atoms with van der Waals surface area (Å²) in [5.74, 6) is -0.284. The van der Waals surface area contributed by atoms with Crippen molar-refractivity contribution in [2.24, 2.45) is 11.3 Å². The van der Waals surface area contributed by atoms with Gasteiger partial charge < -0.3 is 29.6 Å². The molecule has 2 atom stereocenters. The molecule has 0 fully saturated rings. The fourth-order valence-corrected chi connectivity index (χ4v) is 6.88. The molecule has 0 aliphatic rings.